The van der Waals surface area contributed by atoms with E-state index >= 15 is 0 Å². The molecule has 321 valence electrons. The van der Waals surface area contributed by atoms with E-state index < -0.39 is 45.9 Å². The van der Waals surface area contributed by atoms with Crippen LogP contribution in [0.5, 0.6) is 0 Å². The fraction of sp³-hybridized carbons (Fsp3) is 0.200. The van der Waals surface area contributed by atoms with Crippen molar-refractivity contribution in [2.75, 3.05) is 0 Å². The third-order valence-corrected chi connectivity index (χ3v) is 41.0. The summed E-state index contributed by atoms with van der Waals surface area (Å²) in [5.41, 5.74) is 4.46. The van der Waals surface area contributed by atoms with E-state index in [-0.39, 0.29) is 0 Å². The summed E-state index contributed by atoms with van der Waals surface area (Å²) in [7, 11) is 0. The van der Waals surface area contributed by atoms with Gasteiger partial charge in [0.05, 0.1) is 0 Å². The zero-order valence-electron chi connectivity index (χ0n) is 38.8. The van der Waals surface area contributed by atoms with Gasteiger partial charge in [0.2, 0.25) is 0 Å². The Morgan fingerprint density at radius 2 is 0.587 bits per heavy atom. The van der Waals surface area contributed by atoms with Crippen molar-refractivity contribution in [1.29, 1.82) is 0 Å². The van der Waals surface area contributed by atoms with Crippen LogP contribution in [0.2, 0.25) is 31.4 Å². The first-order valence-electron chi connectivity index (χ1n) is 23.2. The van der Waals surface area contributed by atoms with Gasteiger partial charge in [0, 0.05) is 0 Å². The molecule has 0 radical (unpaired) electrons. The molecule has 0 spiro atoms. The van der Waals surface area contributed by atoms with E-state index in [4.69, 9.17) is 0 Å². The van der Waals surface area contributed by atoms with Crippen LogP contribution in [0.1, 0.15) is 36.0 Å². The van der Waals surface area contributed by atoms with E-state index in [1.165, 1.54) is 48.9 Å². The van der Waals surface area contributed by atoms with E-state index in [0.717, 1.165) is 12.8 Å². The van der Waals surface area contributed by atoms with Gasteiger partial charge in [-0.1, -0.05) is 0 Å². The molecule has 63 heavy (non-hydrogen) atoms. The Kier molecular flexibility index (Phi) is 14.6. The maximum atomic E-state index is 2.70. The Labute approximate surface area is 383 Å². The second-order valence-corrected chi connectivity index (χ2v) is 54.8. The third-order valence-electron chi connectivity index (χ3n) is 14.6. The summed E-state index contributed by atoms with van der Waals surface area (Å²) in [5.74, 6) is 0. The Bertz CT molecular complexity index is 2410. The van der Waals surface area contributed by atoms with Crippen molar-refractivity contribution in [2.24, 2.45) is 0 Å². The molecule has 0 saturated heterocycles. The monoisotopic (exact) mass is 933 g/mol. The second kappa shape index (κ2) is 19.6. The molecule has 6 aromatic carbocycles. The number of hydrogen-bond acceptors (Lipinski definition) is 0. The van der Waals surface area contributed by atoms with Crippen LogP contribution in [0.4, 0.5) is 0 Å². The Balaban J connectivity index is 0.000000156. The molecule has 0 aromatic heterocycles. The topological polar surface area (TPSA) is 0 Å². The minimum atomic E-state index is -3.63. The molecule has 0 aliphatic heterocycles. The quantitative estimate of drug-likeness (QED) is 0.107. The van der Waals surface area contributed by atoms with Crippen molar-refractivity contribution in [3.8, 4) is 0 Å². The van der Waals surface area contributed by atoms with Gasteiger partial charge in [0.15, 0.2) is 0 Å². The normalized spacial score (nSPS) is 16.3. The SMILES string of the molecule is [CH3][Ti]([CH2]c1ccccc1)([CH2]c1ccccc1)([CH2]c1ccccc1)[C]1=CC=CC1.[CH3][Ti]([CH3])([CH3])([CH3])[C]1=CC=CC1.[CH3][Ti]([C]1=CC=CC1)([c]1ccccc1)([c]1ccccc1)[c]1ccccc1. The molecule has 0 unspecified atom stereocenters. The predicted octanol–water partition coefficient (Wildman–Crippen LogP) is 15.4. The molecule has 0 atom stereocenters. The molecule has 0 heterocycles. The summed E-state index contributed by atoms with van der Waals surface area (Å²) in [6.07, 6.45) is 24.2. The van der Waals surface area contributed by atoms with Gasteiger partial charge in [-0.15, -0.1) is 0 Å². The van der Waals surface area contributed by atoms with Gasteiger partial charge in [-0.3, -0.25) is 0 Å². The van der Waals surface area contributed by atoms with E-state index in [9.17, 15) is 0 Å². The van der Waals surface area contributed by atoms with E-state index in [1.54, 1.807) is 11.6 Å². The summed E-state index contributed by atoms with van der Waals surface area (Å²) < 4.78 is 13.2. The van der Waals surface area contributed by atoms with Gasteiger partial charge in [-0.2, -0.15) is 0 Å². The molecule has 9 rings (SSSR count). The first kappa shape index (κ1) is 46.9. The van der Waals surface area contributed by atoms with Crippen LogP contribution >= 0.6 is 0 Å². The summed E-state index contributed by atoms with van der Waals surface area (Å²) in [6.45, 7) is 0. The van der Waals surface area contributed by atoms with E-state index in [1.807, 2.05) is 0 Å². The van der Waals surface area contributed by atoms with Crippen LogP contribution in [-0.4, -0.2) is 0 Å². The van der Waals surface area contributed by atoms with Crippen LogP contribution in [0.3, 0.4) is 0 Å². The van der Waals surface area contributed by atoms with Crippen LogP contribution in [0.15, 0.2) is 248 Å². The number of benzene rings is 6. The third kappa shape index (κ3) is 10.6. The van der Waals surface area contributed by atoms with Gasteiger partial charge in [-0.25, -0.2) is 0 Å². The van der Waals surface area contributed by atoms with E-state index in [2.05, 4.69) is 268 Å². The van der Waals surface area contributed by atoms with Crippen molar-refractivity contribution in [3.63, 3.8) is 0 Å². The molecule has 3 aliphatic rings. The Hall–Kier alpha value is -4.10. The van der Waals surface area contributed by atoms with Crippen molar-refractivity contribution >= 4 is 11.6 Å². The van der Waals surface area contributed by atoms with Crippen molar-refractivity contribution < 1.29 is 45.9 Å². The standard InChI is InChI=1S/3C7H7.3C6H5.3C5H5.6CH3.3Ti/c3*1-7-5-3-2-4-6-7;3*1-2-4-6-5-3-1;3*1-2-4-5-3-1;;;;;;;;;/h3*2-6H,1H2;3*1-5H;3*1-3H,4H2;6*1H3;;;. The zero-order chi connectivity index (χ0) is 44.4. The molecular weight excluding hydrogens is 864 g/mol. The molecule has 0 amide bonds. The zero-order valence-corrected chi connectivity index (χ0v) is 43.4. The summed E-state index contributed by atoms with van der Waals surface area (Å²) in [4.78, 5) is 0. The van der Waals surface area contributed by atoms with E-state index in [0.29, 0.717) is 0 Å². The van der Waals surface area contributed by atoms with Crippen LogP contribution < -0.4 is 11.6 Å². The molecule has 0 bridgehead atoms. The van der Waals surface area contributed by atoms with Crippen molar-refractivity contribution in [2.45, 2.75) is 64.8 Å². The van der Waals surface area contributed by atoms with Crippen molar-refractivity contribution in [3.05, 3.63) is 265 Å². The van der Waals surface area contributed by atoms with Gasteiger partial charge in [0.25, 0.3) is 0 Å². The molecule has 0 N–H and O–H groups in total. The fourth-order valence-corrected chi connectivity index (χ4v) is 33.9. The Morgan fingerprint density at radius 1 is 0.317 bits per heavy atom. The second-order valence-electron chi connectivity index (χ2n) is 21.4. The fourth-order valence-electron chi connectivity index (χ4n) is 10.8. The molecule has 0 saturated carbocycles. The summed E-state index contributed by atoms with van der Waals surface area (Å²) in [6, 6.07) is 67.1. The van der Waals surface area contributed by atoms with Gasteiger partial charge < -0.3 is 0 Å². The van der Waals surface area contributed by atoms with Crippen LogP contribution in [0, 0.1) is 0 Å². The predicted molar refractivity (Wildman–Crippen MR) is 269 cm³/mol. The summed E-state index contributed by atoms with van der Waals surface area (Å²) in [5, 5.41) is 15.2. The molecule has 0 fully saturated rings. The van der Waals surface area contributed by atoms with Gasteiger partial charge in [-0.05, 0) is 0 Å². The van der Waals surface area contributed by atoms with Gasteiger partial charge in [0.1, 0.15) is 0 Å². The maximum absolute atomic E-state index is 3.63. The molecule has 3 aliphatic carbocycles. The van der Waals surface area contributed by atoms with Gasteiger partial charge >= 0.3 is 387 Å². The summed E-state index contributed by atoms with van der Waals surface area (Å²) >= 11 is -8.82. The Morgan fingerprint density at radius 3 is 0.841 bits per heavy atom. The number of allylic oxidation sites excluding steroid dienone is 12. The first-order chi connectivity index (χ1) is 30.3. The van der Waals surface area contributed by atoms with Crippen LogP contribution in [0.25, 0.3) is 0 Å². The first-order valence-corrected chi connectivity index (χ1v) is 40.6. The molecular formula is C60H69Ti3. The molecule has 3 heteroatoms. The minimum absolute atomic E-state index is 1.05. The van der Waals surface area contributed by atoms with Crippen LogP contribution in [-0.2, 0) is 60.1 Å². The molecule has 6 aromatic rings. The molecule has 0 nitrogen and oxygen atoms in total. The average molecular weight is 934 g/mol. The number of rotatable bonds is 12. The number of hydrogen-bond donors (Lipinski definition) is 0. The average Bonchev–Trinajstić information content (AvgIpc) is 4.15. The van der Waals surface area contributed by atoms with Crippen molar-refractivity contribution in [1.82, 2.24) is 0 Å².